The Hall–Kier alpha value is -1.72. The van der Waals surface area contributed by atoms with Crippen LogP contribution in [0.5, 0.6) is 0 Å². The van der Waals surface area contributed by atoms with Gasteiger partial charge in [-0.3, -0.25) is 9.59 Å². The molecule has 0 bridgehead atoms. The molecule has 1 aliphatic carbocycles. The van der Waals surface area contributed by atoms with Crippen molar-refractivity contribution in [2.75, 3.05) is 0 Å². The molecule has 0 spiro atoms. The summed E-state index contributed by atoms with van der Waals surface area (Å²) in [6, 6.07) is -0.426. The molecule has 2 atom stereocenters. The van der Waals surface area contributed by atoms with E-state index in [2.05, 4.69) is 17.2 Å². The summed E-state index contributed by atoms with van der Waals surface area (Å²) in [5, 5.41) is 4.96. The first kappa shape index (κ1) is 14.3. The van der Waals surface area contributed by atoms with Crippen LogP contribution in [0.1, 0.15) is 26.2 Å². The fraction of sp³-hybridized carbons (Fsp3) is 0.500. The van der Waals surface area contributed by atoms with Gasteiger partial charge in [-0.05, 0) is 32.3 Å². The standard InChI is InChI=1S/C12H16F2N2O2/c1-3-10(14)12(18)16-9-5-4-8(6-9)15-11(17)7(2)13/h3,8-9H,2,4-6H2,1H3,(H,15,17)(H,16,18)/b10-3+/t8-,9+/m1/s1. The monoisotopic (exact) mass is 258 g/mol. The summed E-state index contributed by atoms with van der Waals surface area (Å²) in [7, 11) is 0. The molecule has 2 N–H and O–H groups in total. The van der Waals surface area contributed by atoms with Gasteiger partial charge in [0.1, 0.15) is 0 Å². The highest BCUT2D eigenvalue weighted by atomic mass is 19.1. The zero-order chi connectivity index (χ0) is 13.7. The molecule has 1 aliphatic rings. The lowest BCUT2D eigenvalue weighted by atomic mass is 10.2. The number of carbonyl (C=O) groups excluding carboxylic acids is 2. The maximum absolute atomic E-state index is 12.9. The molecule has 0 radical (unpaired) electrons. The SMILES string of the molecule is C=C(F)C(=O)N[C@@H]1CC[C@H](NC(=O)/C(F)=C\C)C1. The van der Waals surface area contributed by atoms with Gasteiger partial charge in [-0.1, -0.05) is 6.58 Å². The van der Waals surface area contributed by atoms with Crippen molar-refractivity contribution < 1.29 is 18.4 Å². The Morgan fingerprint density at radius 3 is 2.11 bits per heavy atom. The number of nitrogens with one attached hydrogen (secondary N) is 2. The van der Waals surface area contributed by atoms with Crippen LogP contribution in [0, 0.1) is 0 Å². The molecular formula is C12H16F2N2O2. The minimum atomic E-state index is -1.04. The lowest BCUT2D eigenvalue weighted by Gasteiger charge is -2.13. The third kappa shape index (κ3) is 3.94. The molecule has 0 aromatic heterocycles. The number of hydrogen-bond donors (Lipinski definition) is 2. The lowest BCUT2D eigenvalue weighted by Crippen LogP contribution is -2.37. The van der Waals surface area contributed by atoms with Crippen molar-refractivity contribution in [3.8, 4) is 0 Å². The van der Waals surface area contributed by atoms with Gasteiger partial charge in [0.2, 0.25) is 0 Å². The van der Waals surface area contributed by atoms with Crippen molar-refractivity contribution in [1.29, 1.82) is 0 Å². The Morgan fingerprint density at radius 2 is 1.67 bits per heavy atom. The first-order valence-corrected chi connectivity index (χ1v) is 5.72. The lowest BCUT2D eigenvalue weighted by molar-refractivity contribution is -0.119. The molecule has 1 saturated carbocycles. The van der Waals surface area contributed by atoms with Crippen LogP contribution in [0.3, 0.4) is 0 Å². The molecule has 0 unspecified atom stereocenters. The van der Waals surface area contributed by atoms with E-state index in [9.17, 15) is 18.4 Å². The van der Waals surface area contributed by atoms with Crippen LogP contribution in [0.25, 0.3) is 0 Å². The van der Waals surface area contributed by atoms with Crippen LogP contribution in [-0.4, -0.2) is 23.9 Å². The van der Waals surface area contributed by atoms with Crippen LogP contribution < -0.4 is 10.6 Å². The topological polar surface area (TPSA) is 58.2 Å². The van der Waals surface area contributed by atoms with Gasteiger partial charge in [0, 0.05) is 12.1 Å². The summed E-state index contributed by atoms with van der Waals surface area (Å²) >= 11 is 0. The number of carbonyl (C=O) groups is 2. The highest BCUT2D eigenvalue weighted by Crippen LogP contribution is 2.20. The maximum atomic E-state index is 12.9. The summed E-state index contributed by atoms with van der Waals surface area (Å²) < 4.78 is 25.4. The van der Waals surface area contributed by atoms with Crippen LogP contribution in [0.2, 0.25) is 0 Å². The number of hydrogen-bond acceptors (Lipinski definition) is 2. The highest BCUT2D eigenvalue weighted by molar-refractivity contribution is 5.91. The number of amides is 2. The van der Waals surface area contributed by atoms with Crippen molar-refractivity contribution in [3.05, 3.63) is 24.3 Å². The molecule has 18 heavy (non-hydrogen) atoms. The summed E-state index contributed by atoms with van der Waals surface area (Å²) in [6.45, 7) is 4.32. The van der Waals surface area contributed by atoms with Crippen LogP contribution >= 0.6 is 0 Å². The Morgan fingerprint density at radius 1 is 1.17 bits per heavy atom. The van der Waals surface area contributed by atoms with Crippen molar-refractivity contribution in [2.24, 2.45) is 0 Å². The second-order valence-electron chi connectivity index (χ2n) is 4.20. The third-order valence-corrected chi connectivity index (χ3v) is 2.82. The second-order valence-corrected chi connectivity index (χ2v) is 4.20. The highest BCUT2D eigenvalue weighted by Gasteiger charge is 2.28. The molecule has 6 heteroatoms. The minimum Gasteiger partial charge on any atom is -0.347 e. The number of allylic oxidation sites excluding steroid dienone is 1. The Bertz CT molecular complexity index is 394. The van der Waals surface area contributed by atoms with Crippen molar-refractivity contribution in [2.45, 2.75) is 38.3 Å². The summed E-state index contributed by atoms with van der Waals surface area (Å²) in [5.41, 5.74) is 0. The first-order valence-electron chi connectivity index (χ1n) is 5.72. The normalized spacial score (nSPS) is 23.6. The Labute approximate surface area is 104 Å². The predicted molar refractivity (Wildman–Crippen MR) is 62.8 cm³/mol. The Balaban J connectivity index is 2.40. The van der Waals surface area contributed by atoms with Crippen LogP contribution in [0.4, 0.5) is 8.78 Å². The molecule has 0 heterocycles. The van der Waals surface area contributed by atoms with Crippen molar-refractivity contribution in [3.63, 3.8) is 0 Å². The third-order valence-electron chi connectivity index (χ3n) is 2.82. The van der Waals surface area contributed by atoms with E-state index in [1.54, 1.807) is 0 Å². The van der Waals surface area contributed by atoms with E-state index in [0.717, 1.165) is 6.08 Å². The summed E-state index contributed by atoms with van der Waals surface area (Å²) in [4.78, 5) is 22.3. The van der Waals surface area contributed by atoms with Gasteiger partial charge in [0.15, 0.2) is 11.7 Å². The fourth-order valence-electron chi connectivity index (χ4n) is 1.89. The van der Waals surface area contributed by atoms with E-state index in [1.165, 1.54) is 6.92 Å². The van der Waals surface area contributed by atoms with Gasteiger partial charge < -0.3 is 10.6 Å². The van der Waals surface area contributed by atoms with Gasteiger partial charge >= 0.3 is 0 Å². The van der Waals surface area contributed by atoms with E-state index in [4.69, 9.17) is 0 Å². The van der Waals surface area contributed by atoms with Crippen LogP contribution in [-0.2, 0) is 9.59 Å². The first-order chi connectivity index (χ1) is 8.43. The zero-order valence-electron chi connectivity index (χ0n) is 10.1. The molecule has 2 amide bonds. The molecule has 0 aromatic carbocycles. The van der Waals surface area contributed by atoms with E-state index in [1.807, 2.05) is 0 Å². The van der Waals surface area contributed by atoms with E-state index in [-0.39, 0.29) is 12.1 Å². The molecule has 1 rings (SSSR count). The molecular weight excluding hydrogens is 242 g/mol. The largest absolute Gasteiger partial charge is 0.347 e. The average Bonchev–Trinajstić information content (AvgIpc) is 2.75. The quantitative estimate of drug-likeness (QED) is 0.751. The summed E-state index contributed by atoms with van der Waals surface area (Å²) in [5.74, 6) is -3.47. The minimum absolute atomic E-state index is 0.207. The second kappa shape index (κ2) is 6.28. The van der Waals surface area contributed by atoms with Crippen LogP contribution in [0.15, 0.2) is 24.3 Å². The summed E-state index contributed by atoms with van der Waals surface area (Å²) in [6.07, 6.45) is 2.77. The number of rotatable bonds is 4. The van der Waals surface area contributed by atoms with Crippen molar-refractivity contribution >= 4 is 11.8 Å². The molecule has 100 valence electrons. The zero-order valence-corrected chi connectivity index (χ0v) is 10.1. The van der Waals surface area contributed by atoms with Crippen molar-refractivity contribution in [1.82, 2.24) is 10.6 Å². The molecule has 0 aromatic rings. The average molecular weight is 258 g/mol. The van der Waals surface area contributed by atoms with Gasteiger partial charge in [0.25, 0.3) is 11.8 Å². The van der Waals surface area contributed by atoms with E-state index >= 15 is 0 Å². The van der Waals surface area contributed by atoms with E-state index < -0.39 is 23.5 Å². The molecule has 1 fully saturated rings. The van der Waals surface area contributed by atoms with Gasteiger partial charge in [-0.15, -0.1) is 0 Å². The van der Waals surface area contributed by atoms with Gasteiger partial charge in [-0.2, -0.15) is 0 Å². The smallest absolute Gasteiger partial charge is 0.279 e. The molecule has 0 aliphatic heterocycles. The Kier molecular flexibility index (Phi) is 5.00. The van der Waals surface area contributed by atoms with Gasteiger partial charge in [0.05, 0.1) is 0 Å². The van der Waals surface area contributed by atoms with Gasteiger partial charge in [-0.25, -0.2) is 8.78 Å². The molecule has 4 nitrogen and oxygen atoms in total. The predicted octanol–water partition coefficient (Wildman–Crippen LogP) is 1.50. The fourth-order valence-corrected chi connectivity index (χ4v) is 1.89. The number of halogens is 2. The molecule has 0 saturated heterocycles. The maximum Gasteiger partial charge on any atom is 0.279 e. The van der Waals surface area contributed by atoms with E-state index in [0.29, 0.717) is 19.3 Å².